The van der Waals surface area contributed by atoms with Gasteiger partial charge in [0.2, 0.25) is 0 Å². The molecule has 26 heavy (non-hydrogen) atoms. The number of unbranched alkanes of at least 4 members (excludes halogenated alkanes) is 1. The fourth-order valence-corrected chi connectivity index (χ4v) is 3.70. The lowest BCUT2D eigenvalue weighted by molar-refractivity contribution is 0.0793. The monoisotopic (exact) mass is 394 g/mol. The van der Waals surface area contributed by atoms with Crippen molar-refractivity contribution in [1.29, 1.82) is 0 Å². The minimum Gasteiger partial charge on any atom is -0.342 e. The predicted octanol–water partition coefficient (Wildman–Crippen LogP) is 4.32. The van der Waals surface area contributed by atoms with Gasteiger partial charge in [-0.25, -0.2) is 8.42 Å². The minimum absolute atomic E-state index is 0.0876. The van der Waals surface area contributed by atoms with Crippen LogP contribution in [-0.4, -0.2) is 32.8 Å². The van der Waals surface area contributed by atoms with Crippen molar-refractivity contribution in [2.45, 2.75) is 31.6 Å². The van der Waals surface area contributed by atoms with Gasteiger partial charge in [-0.3, -0.25) is 9.52 Å². The molecule has 0 aromatic heterocycles. The highest BCUT2D eigenvalue weighted by Gasteiger charge is 2.17. The molecule has 7 heteroatoms. The third kappa shape index (κ3) is 4.99. The van der Waals surface area contributed by atoms with Gasteiger partial charge in [0.25, 0.3) is 15.9 Å². The first-order valence-electron chi connectivity index (χ1n) is 8.39. The van der Waals surface area contributed by atoms with Gasteiger partial charge in [0, 0.05) is 24.2 Å². The number of carbonyl (C=O) groups is 1. The first-order chi connectivity index (χ1) is 12.2. The fraction of sp³-hybridized carbons (Fsp3) is 0.316. The van der Waals surface area contributed by atoms with Crippen LogP contribution in [0.25, 0.3) is 0 Å². The van der Waals surface area contributed by atoms with Crippen LogP contribution in [0.4, 0.5) is 5.69 Å². The molecule has 0 spiro atoms. The molecule has 0 bridgehead atoms. The molecule has 2 aromatic rings. The first kappa shape index (κ1) is 20.3. The molecule has 0 fully saturated rings. The van der Waals surface area contributed by atoms with Gasteiger partial charge in [0.15, 0.2) is 0 Å². The molecule has 0 aliphatic rings. The smallest absolute Gasteiger partial charge is 0.261 e. The van der Waals surface area contributed by atoms with E-state index in [4.69, 9.17) is 11.6 Å². The number of hydrogen-bond donors (Lipinski definition) is 1. The van der Waals surface area contributed by atoms with Crippen LogP contribution in [0.1, 0.15) is 35.7 Å². The topological polar surface area (TPSA) is 66.5 Å². The first-order valence-corrected chi connectivity index (χ1v) is 10.2. The summed E-state index contributed by atoms with van der Waals surface area (Å²) in [5.74, 6) is -0.124. The van der Waals surface area contributed by atoms with Crippen LogP contribution < -0.4 is 4.72 Å². The second-order valence-corrected chi connectivity index (χ2v) is 8.29. The third-order valence-corrected chi connectivity index (χ3v) is 5.67. The summed E-state index contributed by atoms with van der Waals surface area (Å²) < 4.78 is 27.7. The van der Waals surface area contributed by atoms with Crippen LogP contribution >= 0.6 is 11.6 Å². The van der Waals surface area contributed by atoms with Crippen LogP contribution in [0.5, 0.6) is 0 Å². The molecule has 2 rings (SSSR count). The number of nitrogens with one attached hydrogen (secondary N) is 1. The number of amides is 1. The van der Waals surface area contributed by atoms with Crippen molar-refractivity contribution in [2.75, 3.05) is 18.3 Å². The lowest BCUT2D eigenvalue weighted by atomic mass is 10.2. The van der Waals surface area contributed by atoms with E-state index in [1.807, 2.05) is 0 Å². The number of anilines is 1. The summed E-state index contributed by atoms with van der Waals surface area (Å²) in [6, 6.07) is 10.9. The molecule has 0 aliphatic heterocycles. The molecule has 0 heterocycles. The van der Waals surface area contributed by atoms with Crippen LogP contribution in [0, 0.1) is 6.92 Å². The van der Waals surface area contributed by atoms with Crippen molar-refractivity contribution in [2.24, 2.45) is 0 Å². The van der Waals surface area contributed by atoms with Gasteiger partial charge in [0.05, 0.1) is 10.6 Å². The van der Waals surface area contributed by atoms with Gasteiger partial charge in [-0.05, 0) is 55.3 Å². The highest BCUT2D eigenvalue weighted by atomic mass is 35.5. The van der Waals surface area contributed by atoms with E-state index in [-0.39, 0.29) is 10.8 Å². The van der Waals surface area contributed by atoms with E-state index in [1.54, 1.807) is 37.1 Å². The lowest BCUT2D eigenvalue weighted by Gasteiger charge is -2.17. The highest BCUT2D eigenvalue weighted by Crippen LogP contribution is 2.23. The van der Waals surface area contributed by atoms with Crippen molar-refractivity contribution in [3.63, 3.8) is 0 Å². The number of nitrogens with zero attached hydrogens (tertiary/aromatic N) is 1. The molecular formula is C19H23ClN2O3S. The highest BCUT2D eigenvalue weighted by molar-refractivity contribution is 7.92. The molecule has 0 saturated heterocycles. The van der Waals surface area contributed by atoms with E-state index < -0.39 is 10.0 Å². The van der Waals surface area contributed by atoms with Crippen molar-refractivity contribution in [1.82, 2.24) is 4.90 Å². The quantitative estimate of drug-likeness (QED) is 0.760. The van der Waals surface area contributed by atoms with E-state index in [0.29, 0.717) is 22.8 Å². The van der Waals surface area contributed by atoms with E-state index in [0.717, 1.165) is 18.4 Å². The molecule has 1 amide bonds. The van der Waals surface area contributed by atoms with Crippen molar-refractivity contribution in [3.05, 3.63) is 58.6 Å². The van der Waals surface area contributed by atoms with Crippen LogP contribution in [-0.2, 0) is 10.0 Å². The maximum absolute atomic E-state index is 12.6. The zero-order chi connectivity index (χ0) is 19.3. The number of carbonyl (C=O) groups excluding carboxylic acids is 1. The summed E-state index contributed by atoms with van der Waals surface area (Å²) in [5, 5.41) is 0.448. The Morgan fingerprint density at radius 2 is 1.81 bits per heavy atom. The standard InChI is InChI=1S/C19H23ClN2O3S/c1-4-5-12-22(3)19(23)15-7-10-17(11-8-15)26(24,25)21-18-13-16(20)9-6-14(18)2/h6-11,13,21H,4-5,12H2,1-3H3. The zero-order valence-corrected chi connectivity index (χ0v) is 16.7. The molecule has 0 saturated carbocycles. The van der Waals surface area contributed by atoms with Crippen LogP contribution in [0.3, 0.4) is 0 Å². The average Bonchev–Trinajstić information content (AvgIpc) is 2.62. The van der Waals surface area contributed by atoms with E-state index in [1.165, 1.54) is 24.3 Å². The second-order valence-electron chi connectivity index (χ2n) is 6.17. The Morgan fingerprint density at radius 1 is 1.15 bits per heavy atom. The number of rotatable bonds is 7. The zero-order valence-electron chi connectivity index (χ0n) is 15.1. The van der Waals surface area contributed by atoms with Gasteiger partial charge in [0.1, 0.15) is 0 Å². The summed E-state index contributed by atoms with van der Waals surface area (Å²) in [6.45, 7) is 4.53. The molecule has 0 atom stereocenters. The Balaban J connectivity index is 2.18. The molecule has 0 radical (unpaired) electrons. The Kier molecular flexibility index (Phi) is 6.67. The Labute approximate surface area is 160 Å². The SMILES string of the molecule is CCCCN(C)C(=O)c1ccc(S(=O)(=O)Nc2cc(Cl)ccc2C)cc1. The van der Waals surface area contributed by atoms with Gasteiger partial charge < -0.3 is 4.90 Å². The maximum atomic E-state index is 12.6. The fourth-order valence-electron chi connectivity index (χ4n) is 2.40. The minimum atomic E-state index is -3.76. The lowest BCUT2D eigenvalue weighted by Crippen LogP contribution is -2.27. The van der Waals surface area contributed by atoms with E-state index >= 15 is 0 Å². The van der Waals surface area contributed by atoms with Crippen molar-refractivity contribution in [3.8, 4) is 0 Å². The molecule has 5 nitrogen and oxygen atoms in total. The average molecular weight is 395 g/mol. The Morgan fingerprint density at radius 3 is 2.42 bits per heavy atom. The number of halogens is 1. The molecule has 0 aliphatic carbocycles. The van der Waals surface area contributed by atoms with Crippen LogP contribution in [0.2, 0.25) is 5.02 Å². The summed E-state index contributed by atoms with van der Waals surface area (Å²) >= 11 is 5.94. The normalized spacial score (nSPS) is 11.2. The summed E-state index contributed by atoms with van der Waals surface area (Å²) in [5.41, 5.74) is 1.65. The van der Waals surface area contributed by atoms with E-state index in [2.05, 4.69) is 11.6 Å². The molecule has 140 valence electrons. The predicted molar refractivity (Wildman–Crippen MR) is 105 cm³/mol. The van der Waals surface area contributed by atoms with Gasteiger partial charge >= 0.3 is 0 Å². The van der Waals surface area contributed by atoms with Crippen molar-refractivity contribution >= 4 is 33.2 Å². The molecule has 1 N–H and O–H groups in total. The number of hydrogen-bond acceptors (Lipinski definition) is 3. The molecule has 0 unspecified atom stereocenters. The maximum Gasteiger partial charge on any atom is 0.261 e. The van der Waals surface area contributed by atoms with Gasteiger partial charge in [-0.2, -0.15) is 0 Å². The third-order valence-electron chi connectivity index (χ3n) is 4.05. The Bertz CT molecular complexity index is 880. The number of sulfonamides is 1. The van der Waals surface area contributed by atoms with Crippen LogP contribution in [0.15, 0.2) is 47.4 Å². The second kappa shape index (κ2) is 8.56. The molecular weight excluding hydrogens is 372 g/mol. The summed E-state index contributed by atoms with van der Waals surface area (Å²) in [7, 11) is -2.02. The van der Waals surface area contributed by atoms with Gasteiger partial charge in [-0.15, -0.1) is 0 Å². The molecule has 2 aromatic carbocycles. The van der Waals surface area contributed by atoms with Gasteiger partial charge in [-0.1, -0.05) is 31.0 Å². The largest absolute Gasteiger partial charge is 0.342 e. The van der Waals surface area contributed by atoms with E-state index in [9.17, 15) is 13.2 Å². The van der Waals surface area contributed by atoms with Crippen molar-refractivity contribution < 1.29 is 13.2 Å². The Hall–Kier alpha value is -2.05. The summed E-state index contributed by atoms with van der Waals surface area (Å²) in [4.78, 5) is 14.1. The number of aryl methyl sites for hydroxylation is 1. The summed E-state index contributed by atoms with van der Waals surface area (Å²) in [6.07, 6.45) is 1.93. The number of benzene rings is 2.